The van der Waals surface area contributed by atoms with Crippen molar-refractivity contribution < 1.29 is 19.7 Å². The maximum atomic E-state index is 11.4. The third kappa shape index (κ3) is 5.44. The number of rotatable bonds is 6. The van der Waals surface area contributed by atoms with Crippen molar-refractivity contribution in [3.63, 3.8) is 0 Å². The van der Waals surface area contributed by atoms with E-state index in [-0.39, 0.29) is 19.4 Å². The number of aliphatic hydroxyl groups excluding tert-OH is 1. The van der Waals surface area contributed by atoms with Crippen LogP contribution in [0.15, 0.2) is 30.3 Å². The molecule has 0 radical (unpaired) electrons. The van der Waals surface area contributed by atoms with E-state index in [1.165, 1.54) is 0 Å². The first-order valence-corrected chi connectivity index (χ1v) is 5.42. The fourth-order valence-corrected chi connectivity index (χ4v) is 1.28. The van der Waals surface area contributed by atoms with Crippen molar-refractivity contribution in [1.82, 2.24) is 0 Å². The molecule has 94 valence electrons. The highest BCUT2D eigenvalue weighted by atomic mass is 16.5. The number of aliphatic hydroxyl groups is 2. The highest BCUT2D eigenvalue weighted by Crippen LogP contribution is 2.04. The van der Waals surface area contributed by atoms with Gasteiger partial charge in [0.15, 0.2) is 6.29 Å². The Bertz CT molecular complexity index is 340. The standard InChI is InChI=1S/C12H17NO4/c13-10(6-7-11(14)15)12(16)17-8-9-4-2-1-3-5-9/h1-5,10-11,14-15H,6-8,13H2/t10-/m0/s1. The molecule has 0 heterocycles. The highest BCUT2D eigenvalue weighted by Gasteiger charge is 2.16. The van der Waals surface area contributed by atoms with Crippen LogP contribution in [0.25, 0.3) is 0 Å². The lowest BCUT2D eigenvalue weighted by Crippen LogP contribution is -2.33. The van der Waals surface area contributed by atoms with Crippen LogP contribution in [0.3, 0.4) is 0 Å². The molecule has 5 heteroatoms. The molecular weight excluding hydrogens is 222 g/mol. The minimum absolute atomic E-state index is 0.0571. The molecule has 1 aromatic carbocycles. The van der Waals surface area contributed by atoms with E-state index in [1.54, 1.807) is 0 Å². The van der Waals surface area contributed by atoms with E-state index in [4.69, 9.17) is 20.7 Å². The van der Waals surface area contributed by atoms with Crippen molar-refractivity contribution >= 4 is 5.97 Å². The van der Waals surface area contributed by atoms with Crippen LogP contribution in [-0.2, 0) is 16.1 Å². The van der Waals surface area contributed by atoms with Gasteiger partial charge in [-0.05, 0) is 18.4 Å². The first-order chi connectivity index (χ1) is 8.09. The summed E-state index contributed by atoms with van der Waals surface area (Å²) in [7, 11) is 0. The van der Waals surface area contributed by atoms with Crippen LogP contribution in [0.4, 0.5) is 0 Å². The minimum Gasteiger partial charge on any atom is -0.460 e. The Kier molecular flexibility index (Phi) is 5.62. The molecule has 0 spiro atoms. The van der Waals surface area contributed by atoms with E-state index >= 15 is 0 Å². The van der Waals surface area contributed by atoms with E-state index in [0.717, 1.165) is 5.56 Å². The Morgan fingerprint density at radius 2 is 1.88 bits per heavy atom. The summed E-state index contributed by atoms with van der Waals surface area (Å²) < 4.78 is 4.99. The zero-order chi connectivity index (χ0) is 12.7. The third-order valence-electron chi connectivity index (χ3n) is 2.26. The maximum absolute atomic E-state index is 11.4. The Morgan fingerprint density at radius 3 is 2.47 bits per heavy atom. The summed E-state index contributed by atoms with van der Waals surface area (Å²) in [6.45, 7) is 0.176. The molecule has 0 bridgehead atoms. The summed E-state index contributed by atoms with van der Waals surface area (Å²) in [4.78, 5) is 11.4. The molecule has 1 atom stereocenters. The van der Waals surface area contributed by atoms with Gasteiger partial charge < -0.3 is 20.7 Å². The summed E-state index contributed by atoms with van der Waals surface area (Å²) in [6.07, 6.45) is -1.20. The summed E-state index contributed by atoms with van der Waals surface area (Å²) >= 11 is 0. The van der Waals surface area contributed by atoms with Crippen LogP contribution < -0.4 is 5.73 Å². The average molecular weight is 239 g/mol. The molecule has 0 fully saturated rings. The van der Waals surface area contributed by atoms with Gasteiger partial charge in [-0.3, -0.25) is 4.79 Å². The monoisotopic (exact) mass is 239 g/mol. The van der Waals surface area contributed by atoms with Crippen molar-refractivity contribution in [3.8, 4) is 0 Å². The Morgan fingerprint density at radius 1 is 1.24 bits per heavy atom. The molecule has 0 saturated carbocycles. The molecule has 5 nitrogen and oxygen atoms in total. The number of hydrogen-bond donors (Lipinski definition) is 3. The second-order valence-corrected chi connectivity index (χ2v) is 3.76. The Balaban J connectivity index is 2.29. The maximum Gasteiger partial charge on any atom is 0.323 e. The molecule has 1 rings (SSSR count). The molecule has 17 heavy (non-hydrogen) atoms. The summed E-state index contributed by atoms with van der Waals surface area (Å²) in [5, 5.41) is 17.3. The largest absolute Gasteiger partial charge is 0.460 e. The zero-order valence-electron chi connectivity index (χ0n) is 9.45. The molecule has 0 unspecified atom stereocenters. The molecule has 0 aliphatic rings. The topological polar surface area (TPSA) is 92.8 Å². The van der Waals surface area contributed by atoms with Gasteiger partial charge in [0.05, 0.1) is 0 Å². The van der Waals surface area contributed by atoms with Crippen LogP contribution >= 0.6 is 0 Å². The van der Waals surface area contributed by atoms with Crippen LogP contribution in [-0.4, -0.2) is 28.5 Å². The quantitative estimate of drug-likeness (QED) is 0.485. The summed E-state index contributed by atoms with van der Waals surface area (Å²) in [5.74, 6) is -0.533. The Hall–Kier alpha value is -1.43. The van der Waals surface area contributed by atoms with Crippen molar-refractivity contribution in [3.05, 3.63) is 35.9 Å². The predicted molar refractivity (Wildman–Crippen MR) is 61.7 cm³/mol. The second-order valence-electron chi connectivity index (χ2n) is 3.76. The van der Waals surface area contributed by atoms with E-state index in [9.17, 15) is 4.79 Å². The van der Waals surface area contributed by atoms with Crippen molar-refractivity contribution in [1.29, 1.82) is 0 Å². The van der Waals surface area contributed by atoms with Crippen molar-refractivity contribution in [2.75, 3.05) is 0 Å². The third-order valence-corrected chi connectivity index (χ3v) is 2.26. The van der Waals surface area contributed by atoms with Crippen LogP contribution in [0, 0.1) is 0 Å². The number of nitrogens with two attached hydrogens (primary N) is 1. The number of carbonyl (C=O) groups excluding carboxylic acids is 1. The first-order valence-electron chi connectivity index (χ1n) is 5.42. The van der Waals surface area contributed by atoms with Gasteiger partial charge >= 0.3 is 5.97 Å². The van der Waals surface area contributed by atoms with Gasteiger partial charge in [0.2, 0.25) is 0 Å². The molecule has 0 aliphatic heterocycles. The van der Waals surface area contributed by atoms with Crippen LogP contribution in [0.5, 0.6) is 0 Å². The molecule has 4 N–H and O–H groups in total. The van der Waals surface area contributed by atoms with Crippen LogP contribution in [0.1, 0.15) is 18.4 Å². The van der Waals surface area contributed by atoms with Crippen LogP contribution in [0.2, 0.25) is 0 Å². The van der Waals surface area contributed by atoms with Gasteiger partial charge in [-0.2, -0.15) is 0 Å². The summed E-state index contributed by atoms with van der Waals surface area (Å²) in [5.41, 5.74) is 6.42. The lowest BCUT2D eigenvalue weighted by molar-refractivity contribution is -0.147. The van der Waals surface area contributed by atoms with E-state index in [2.05, 4.69) is 0 Å². The number of benzene rings is 1. The number of esters is 1. The molecule has 0 aromatic heterocycles. The first kappa shape index (κ1) is 13.6. The molecule has 0 aliphatic carbocycles. The normalized spacial score (nSPS) is 12.5. The second kappa shape index (κ2) is 7.01. The number of ether oxygens (including phenoxy) is 1. The molecule has 1 aromatic rings. The zero-order valence-corrected chi connectivity index (χ0v) is 9.45. The predicted octanol–water partition coefficient (Wildman–Crippen LogP) is 0.148. The van der Waals surface area contributed by atoms with Gasteiger partial charge in [-0.15, -0.1) is 0 Å². The fraction of sp³-hybridized carbons (Fsp3) is 0.417. The minimum atomic E-state index is -1.44. The van der Waals surface area contributed by atoms with Gasteiger partial charge in [0.25, 0.3) is 0 Å². The average Bonchev–Trinajstić information content (AvgIpc) is 2.34. The molecular formula is C12H17NO4. The lowest BCUT2D eigenvalue weighted by atomic mass is 10.1. The van der Waals surface area contributed by atoms with E-state index in [1.807, 2.05) is 30.3 Å². The van der Waals surface area contributed by atoms with Gasteiger partial charge in [0, 0.05) is 0 Å². The Labute approximate surface area is 99.8 Å². The fourth-order valence-electron chi connectivity index (χ4n) is 1.28. The molecule has 0 saturated heterocycles. The number of carbonyl (C=O) groups is 1. The van der Waals surface area contributed by atoms with Gasteiger partial charge in [-0.1, -0.05) is 30.3 Å². The van der Waals surface area contributed by atoms with E-state index < -0.39 is 18.3 Å². The van der Waals surface area contributed by atoms with Gasteiger partial charge in [-0.25, -0.2) is 0 Å². The van der Waals surface area contributed by atoms with Crippen molar-refractivity contribution in [2.45, 2.75) is 31.8 Å². The summed E-state index contributed by atoms with van der Waals surface area (Å²) in [6, 6.07) is 8.45. The van der Waals surface area contributed by atoms with Gasteiger partial charge in [0.1, 0.15) is 12.6 Å². The van der Waals surface area contributed by atoms with Crippen molar-refractivity contribution in [2.24, 2.45) is 5.73 Å². The smallest absolute Gasteiger partial charge is 0.323 e. The lowest BCUT2D eigenvalue weighted by Gasteiger charge is -2.12. The SMILES string of the molecule is N[C@@H](CCC(O)O)C(=O)OCc1ccccc1. The number of hydrogen-bond acceptors (Lipinski definition) is 5. The highest BCUT2D eigenvalue weighted by molar-refractivity contribution is 5.75. The molecule has 0 amide bonds. The van der Waals surface area contributed by atoms with E-state index in [0.29, 0.717) is 0 Å².